The molecule has 0 saturated heterocycles. The SMILES string of the molecule is COc1ccc(C2(c3ccc(OC)cc3)C=Nc3ccc(C#N)cc3N2)cc1. The first-order valence-corrected chi connectivity index (χ1v) is 8.85. The first-order valence-electron chi connectivity index (χ1n) is 8.85. The van der Waals surface area contributed by atoms with Crippen molar-refractivity contribution in [1.82, 2.24) is 0 Å². The van der Waals surface area contributed by atoms with Crippen molar-refractivity contribution in [1.29, 1.82) is 5.26 Å². The van der Waals surface area contributed by atoms with E-state index in [1.807, 2.05) is 66.9 Å². The van der Waals surface area contributed by atoms with Crippen molar-refractivity contribution < 1.29 is 9.47 Å². The molecule has 3 aromatic carbocycles. The van der Waals surface area contributed by atoms with Crippen LogP contribution in [0.25, 0.3) is 0 Å². The number of rotatable bonds is 4. The van der Waals surface area contributed by atoms with Crippen LogP contribution in [0.4, 0.5) is 11.4 Å². The third kappa shape index (κ3) is 2.95. The number of anilines is 1. The van der Waals surface area contributed by atoms with Gasteiger partial charge in [-0.15, -0.1) is 0 Å². The van der Waals surface area contributed by atoms with Crippen LogP contribution in [0.1, 0.15) is 16.7 Å². The molecule has 0 radical (unpaired) electrons. The van der Waals surface area contributed by atoms with Crippen molar-refractivity contribution in [2.24, 2.45) is 4.99 Å². The zero-order chi connectivity index (χ0) is 19.6. The first-order chi connectivity index (χ1) is 13.7. The summed E-state index contributed by atoms with van der Waals surface area (Å²) < 4.78 is 10.6. The molecule has 1 aliphatic rings. The number of methoxy groups -OCH3 is 2. The summed E-state index contributed by atoms with van der Waals surface area (Å²) in [5.41, 5.74) is 3.54. The van der Waals surface area contributed by atoms with Crippen LogP contribution in [0, 0.1) is 11.3 Å². The Morgan fingerprint density at radius 2 is 1.43 bits per heavy atom. The highest BCUT2D eigenvalue weighted by molar-refractivity contribution is 5.91. The number of hydrogen-bond acceptors (Lipinski definition) is 5. The molecule has 0 aromatic heterocycles. The molecule has 1 aliphatic heterocycles. The van der Waals surface area contributed by atoms with E-state index in [1.165, 1.54) is 0 Å². The van der Waals surface area contributed by atoms with Gasteiger partial charge in [0.15, 0.2) is 0 Å². The lowest BCUT2D eigenvalue weighted by molar-refractivity contribution is 0.414. The third-order valence-corrected chi connectivity index (χ3v) is 4.95. The quantitative estimate of drug-likeness (QED) is 0.727. The Bertz CT molecular complexity index is 1020. The number of nitriles is 1. The minimum Gasteiger partial charge on any atom is -0.497 e. The van der Waals surface area contributed by atoms with Gasteiger partial charge in [0.05, 0.1) is 37.2 Å². The standard InChI is InChI=1S/C23H19N3O2/c1-27-19-8-4-17(5-9-19)23(18-6-10-20(28-2)11-7-18)15-25-21-12-3-16(14-24)13-22(21)26-23/h3-13,15,26H,1-2H3. The average molecular weight is 369 g/mol. The second kappa shape index (κ2) is 7.09. The molecule has 0 atom stereocenters. The Hall–Kier alpha value is -3.78. The van der Waals surface area contributed by atoms with Crippen molar-refractivity contribution in [2.75, 3.05) is 19.5 Å². The molecular weight excluding hydrogens is 350 g/mol. The summed E-state index contributed by atoms with van der Waals surface area (Å²) >= 11 is 0. The van der Waals surface area contributed by atoms with Crippen LogP contribution >= 0.6 is 0 Å². The summed E-state index contributed by atoms with van der Waals surface area (Å²) in [7, 11) is 3.29. The smallest absolute Gasteiger partial charge is 0.124 e. The van der Waals surface area contributed by atoms with Gasteiger partial charge in [-0.25, -0.2) is 0 Å². The van der Waals surface area contributed by atoms with Gasteiger partial charge in [0.2, 0.25) is 0 Å². The molecule has 4 rings (SSSR count). The normalized spacial score (nSPS) is 13.8. The maximum atomic E-state index is 9.27. The van der Waals surface area contributed by atoms with Crippen LogP contribution < -0.4 is 14.8 Å². The van der Waals surface area contributed by atoms with Gasteiger partial charge in [-0.1, -0.05) is 24.3 Å². The molecule has 5 heteroatoms. The van der Waals surface area contributed by atoms with Crippen LogP contribution in [0.3, 0.4) is 0 Å². The number of nitrogens with one attached hydrogen (secondary N) is 1. The fraction of sp³-hybridized carbons (Fsp3) is 0.130. The molecule has 138 valence electrons. The lowest BCUT2D eigenvalue weighted by atomic mass is 9.82. The molecule has 0 spiro atoms. The molecule has 1 N–H and O–H groups in total. The molecule has 0 fully saturated rings. The van der Waals surface area contributed by atoms with Gasteiger partial charge >= 0.3 is 0 Å². The van der Waals surface area contributed by atoms with E-state index in [0.29, 0.717) is 5.56 Å². The van der Waals surface area contributed by atoms with E-state index in [-0.39, 0.29) is 0 Å². The third-order valence-electron chi connectivity index (χ3n) is 4.95. The first kappa shape index (κ1) is 17.6. The lowest BCUT2D eigenvalue weighted by Gasteiger charge is -2.36. The molecule has 3 aromatic rings. The Morgan fingerprint density at radius 1 is 0.857 bits per heavy atom. The highest BCUT2D eigenvalue weighted by Gasteiger charge is 2.35. The van der Waals surface area contributed by atoms with Crippen molar-refractivity contribution in [3.8, 4) is 17.6 Å². The minimum absolute atomic E-state index is 0.585. The summed E-state index contributed by atoms with van der Waals surface area (Å²) in [4.78, 5) is 4.70. The maximum absolute atomic E-state index is 9.27. The van der Waals surface area contributed by atoms with Gasteiger partial charge in [-0.3, -0.25) is 4.99 Å². The Kier molecular flexibility index (Phi) is 4.46. The summed E-state index contributed by atoms with van der Waals surface area (Å²) in [5, 5.41) is 12.9. The lowest BCUT2D eigenvalue weighted by Crippen LogP contribution is -2.40. The number of hydrogen-bond donors (Lipinski definition) is 1. The van der Waals surface area contributed by atoms with E-state index < -0.39 is 5.54 Å². The van der Waals surface area contributed by atoms with E-state index in [1.54, 1.807) is 20.3 Å². The van der Waals surface area contributed by atoms with E-state index >= 15 is 0 Å². The number of nitrogens with zero attached hydrogens (tertiary/aromatic N) is 2. The van der Waals surface area contributed by atoms with E-state index in [9.17, 15) is 5.26 Å². The van der Waals surface area contributed by atoms with Gasteiger partial charge < -0.3 is 14.8 Å². The Labute approximate surface area is 163 Å². The predicted molar refractivity (Wildman–Crippen MR) is 110 cm³/mol. The van der Waals surface area contributed by atoms with Crippen LogP contribution in [-0.2, 0) is 5.54 Å². The van der Waals surface area contributed by atoms with Gasteiger partial charge in [0.1, 0.15) is 17.0 Å². The highest BCUT2D eigenvalue weighted by Crippen LogP contribution is 2.41. The molecule has 0 saturated carbocycles. The fourth-order valence-electron chi connectivity index (χ4n) is 3.40. The summed E-state index contributed by atoms with van der Waals surface area (Å²) in [6.07, 6.45) is 1.91. The molecular formula is C23H19N3O2. The molecule has 0 unspecified atom stereocenters. The van der Waals surface area contributed by atoms with Crippen LogP contribution in [0.5, 0.6) is 11.5 Å². The van der Waals surface area contributed by atoms with Crippen LogP contribution in [0.2, 0.25) is 0 Å². The second-order valence-electron chi connectivity index (χ2n) is 6.49. The number of fused-ring (bicyclic) bond motifs is 1. The molecule has 1 heterocycles. The monoisotopic (exact) mass is 369 g/mol. The summed E-state index contributed by atoms with van der Waals surface area (Å²) in [6.45, 7) is 0. The largest absolute Gasteiger partial charge is 0.497 e. The summed E-state index contributed by atoms with van der Waals surface area (Å²) in [6, 6.07) is 23.4. The zero-order valence-corrected chi connectivity index (χ0v) is 15.6. The topological polar surface area (TPSA) is 66.6 Å². The number of aliphatic imine (C=N–C) groups is 1. The summed E-state index contributed by atoms with van der Waals surface area (Å²) in [5.74, 6) is 1.57. The Morgan fingerprint density at radius 3 is 1.93 bits per heavy atom. The van der Waals surface area contributed by atoms with Gasteiger partial charge in [0.25, 0.3) is 0 Å². The molecule has 0 bridgehead atoms. The van der Waals surface area contributed by atoms with Gasteiger partial charge in [-0.2, -0.15) is 5.26 Å². The number of benzene rings is 3. The zero-order valence-electron chi connectivity index (χ0n) is 15.6. The Balaban J connectivity index is 1.87. The molecule has 0 amide bonds. The van der Waals surface area contributed by atoms with E-state index in [4.69, 9.17) is 14.5 Å². The molecule has 0 aliphatic carbocycles. The predicted octanol–water partition coefficient (Wildman–Crippen LogP) is 4.65. The van der Waals surface area contributed by atoms with Gasteiger partial charge in [-0.05, 0) is 53.6 Å². The highest BCUT2D eigenvalue weighted by atomic mass is 16.5. The molecule has 5 nitrogen and oxygen atoms in total. The minimum atomic E-state index is -0.681. The maximum Gasteiger partial charge on any atom is 0.124 e. The van der Waals surface area contributed by atoms with Crippen molar-refractivity contribution in [2.45, 2.75) is 5.54 Å². The van der Waals surface area contributed by atoms with Crippen molar-refractivity contribution in [3.05, 3.63) is 83.4 Å². The van der Waals surface area contributed by atoms with Crippen molar-refractivity contribution in [3.63, 3.8) is 0 Å². The number of ether oxygens (including phenoxy) is 2. The van der Waals surface area contributed by atoms with Crippen LogP contribution in [0.15, 0.2) is 71.7 Å². The fourth-order valence-corrected chi connectivity index (χ4v) is 3.40. The van der Waals surface area contributed by atoms with E-state index in [2.05, 4.69) is 11.4 Å². The van der Waals surface area contributed by atoms with Gasteiger partial charge in [0, 0.05) is 6.21 Å². The van der Waals surface area contributed by atoms with E-state index in [0.717, 1.165) is 34.0 Å². The van der Waals surface area contributed by atoms with Crippen molar-refractivity contribution >= 4 is 17.6 Å². The second-order valence-corrected chi connectivity index (χ2v) is 6.49. The molecule has 28 heavy (non-hydrogen) atoms. The average Bonchev–Trinajstić information content (AvgIpc) is 2.78. The van der Waals surface area contributed by atoms with Crippen LogP contribution in [-0.4, -0.2) is 20.4 Å².